The first-order chi connectivity index (χ1) is 9.03. The molecule has 0 aromatic heterocycles. The zero-order valence-corrected chi connectivity index (χ0v) is 12.9. The van der Waals surface area contributed by atoms with Crippen LogP contribution in [0.25, 0.3) is 0 Å². The molecule has 1 atom stereocenters. The Morgan fingerprint density at radius 3 is 2.35 bits per heavy atom. The lowest BCUT2D eigenvalue weighted by molar-refractivity contribution is -0.134. The minimum atomic E-state index is -0.701. The zero-order valence-electron chi connectivity index (χ0n) is 12.1. The number of carbonyl (C=O) groups is 2. The van der Waals surface area contributed by atoms with Crippen LogP contribution in [0.4, 0.5) is 0 Å². The molecular formula is C14H26ClN3O2. The molecule has 6 heteroatoms. The fourth-order valence-electron chi connectivity index (χ4n) is 2.97. The Bertz CT molecular complexity index is 352. The molecule has 2 rings (SSSR count). The summed E-state index contributed by atoms with van der Waals surface area (Å²) in [6.07, 6.45) is 6.93. The van der Waals surface area contributed by atoms with Gasteiger partial charge in [-0.15, -0.1) is 12.4 Å². The minimum absolute atomic E-state index is 0. The Hall–Kier alpha value is -0.810. The Balaban J connectivity index is 0.00000200. The van der Waals surface area contributed by atoms with E-state index in [1.807, 2.05) is 0 Å². The van der Waals surface area contributed by atoms with E-state index in [2.05, 4.69) is 10.6 Å². The molecular weight excluding hydrogens is 278 g/mol. The van der Waals surface area contributed by atoms with Gasteiger partial charge in [-0.25, -0.2) is 0 Å². The van der Waals surface area contributed by atoms with Crippen LogP contribution in [0.15, 0.2) is 0 Å². The average Bonchev–Trinajstić information content (AvgIpc) is 3.20. The summed E-state index contributed by atoms with van der Waals surface area (Å²) in [5.41, 5.74) is 5.30. The second kappa shape index (κ2) is 7.27. The Labute approximate surface area is 126 Å². The number of hydrogen-bond donors (Lipinski definition) is 3. The monoisotopic (exact) mass is 303 g/mol. The largest absolute Gasteiger partial charge is 0.352 e. The van der Waals surface area contributed by atoms with E-state index in [9.17, 15) is 9.59 Å². The number of rotatable bonds is 5. The molecule has 2 amide bonds. The highest BCUT2D eigenvalue weighted by atomic mass is 35.5. The standard InChI is InChI=1S/C14H25N3O2.ClH/c1-10(18)17-14(7-3-2-4-8-14)13(19)16-9-12(15)11-5-6-11;/h11-12H,2-9,15H2,1H3,(H,16,19)(H,17,18);1H. The Morgan fingerprint density at radius 2 is 1.85 bits per heavy atom. The van der Waals surface area contributed by atoms with E-state index in [1.54, 1.807) is 0 Å². The van der Waals surface area contributed by atoms with Crippen LogP contribution in [0, 0.1) is 5.92 Å². The maximum Gasteiger partial charge on any atom is 0.245 e. The highest BCUT2D eigenvalue weighted by Crippen LogP contribution is 2.32. The lowest BCUT2D eigenvalue weighted by Crippen LogP contribution is -2.60. The SMILES string of the molecule is CC(=O)NC1(C(=O)NCC(N)C2CC2)CCCCC1.Cl. The van der Waals surface area contributed by atoms with E-state index in [0.717, 1.165) is 32.1 Å². The molecule has 0 aromatic rings. The first kappa shape index (κ1) is 17.2. The zero-order chi connectivity index (χ0) is 13.9. The molecule has 2 aliphatic rings. The van der Waals surface area contributed by atoms with Crippen LogP contribution < -0.4 is 16.4 Å². The van der Waals surface area contributed by atoms with Gasteiger partial charge in [-0.1, -0.05) is 19.3 Å². The van der Waals surface area contributed by atoms with Gasteiger partial charge in [0, 0.05) is 19.5 Å². The lowest BCUT2D eigenvalue weighted by Gasteiger charge is -2.36. The molecule has 1 unspecified atom stereocenters. The second-order valence-corrected chi connectivity index (χ2v) is 6.04. The van der Waals surface area contributed by atoms with Gasteiger partial charge in [-0.05, 0) is 31.6 Å². The predicted octanol–water partition coefficient (Wildman–Crippen LogP) is 1.10. The fraction of sp³-hybridized carbons (Fsp3) is 0.857. The number of amides is 2. The third-order valence-electron chi connectivity index (χ3n) is 4.28. The predicted molar refractivity (Wildman–Crippen MR) is 80.6 cm³/mol. The van der Waals surface area contributed by atoms with Crippen LogP contribution in [0.2, 0.25) is 0 Å². The molecule has 5 nitrogen and oxygen atoms in total. The molecule has 2 aliphatic carbocycles. The van der Waals surface area contributed by atoms with Gasteiger partial charge in [0.15, 0.2) is 0 Å². The molecule has 0 aromatic carbocycles. The van der Waals surface area contributed by atoms with E-state index < -0.39 is 5.54 Å². The maximum absolute atomic E-state index is 12.4. The van der Waals surface area contributed by atoms with Gasteiger partial charge in [0.1, 0.15) is 5.54 Å². The highest BCUT2D eigenvalue weighted by molar-refractivity contribution is 5.91. The summed E-state index contributed by atoms with van der Waals surface area (Å²) in [5, 5.41) is 5.81. The van der Waals surface area contributed by atoms with Crippen LogP contribution in [0.3, 0.4) is 0 Å². The van der Waals surface area contributed by atoms with E-state index in [-0.39, 0.29) is 30.3 Å². The first-order valence-corrected chi connectivity index (χ1v) is 7.36. The van der Waals surface area contributed by atoms with Crippen LogP contribution in [-0.2, 0) is 9.59 Å². The van der Waals surface area contributed by atoms with Crippen molar-refractivity contribution in [3.63, 3.8) is 0 Å². The fourth-order valence-corrected chi connectivity index (χ4v) is 2.97. The number of carbonyl (C=O) groups excluding carboxylic acids is 2. The summed E-state index contributed by atoms with van der Waals surface area (Å²) in [4.78, 5) is 23.8. The van der Waals surface area contributed by atoms with Gasteiger partial charge in [-0.3, -0.25) is 9.59 Å². The van der Waals surface area contributed by atoms with Crippen molar-refractivity contribution in [3.05, 3.63) is 0 Å². The quantitative estimate of drug-likeness (QED) is 0.711. The van der Waals surface area contributed by atoms with E-state index >= 15 is 0 Å². The molecule has 20 heavy (non-hydrogen) atoms. The third-order valence-corrected chi connectivity index (χ3v) is 4.28. The van der Waals surface area contributed by atoms with Gasteiger partial charge >= 0.3 is 0 Å². The molecule has 4 N–H and O–H groups in total. The second-order valence-electron chi connectivity index (χ2n) is 6.04. The molecule has 2 fully saturated rings. The number of nitrogens with one attached hydrogen (secondary N) is 2. The maximum atomic E-state index is 12.4. The molecule has 0 spiro atoms. The Kier molecular flexibility index (Phi) is 6.27. The molecule has 116 valence electrons. The van der Waals surface area contributed by atoms with Gasteiger partial charge in [0.2, 0.25) is 11.8 Å². The molecule has 0 bridgehead atoms. The van der Waals surface area contributed by atoms with Crippen LogP contribution >= 0.6 is 12.4 Å². The summed E-state index contributed by atoms with van der Waals surface area (Å²) in [6.45, 7) is 1.99. The van der Waals surface area contributed by atoms with Crippen molar-refractivity contribution in [3.8, 4) is 0 Å². The number of nitrogens with two attached hydrogens (primary N) is 1. The molecule has 0 heterocycles. The minimum Gasteiger partial charge on any atom is -0.352 e. The summed E-state index contributed by atoms with van der Waals surface area (Å²) in [7, 11) is 0. The first-order valence-electron chi connectivity index (χ1n) is 7.36. The highest BCUT2D eigenvalue weighted by Gasteiger charge is 2.40. The van der Waals surface area contributed by atoms with Crippen molar-refractivity contribution in [2.45, 2.75) is 63.5 Å². The van der Waals surface area contributed by atoms with Crippen LogP contribution in [-0.4, -0.2) is 29.9 Å². The van der Waals surface area contributed by atoms with E-state index in [1.165, 1.54) is 19.8 Å². The summed E-state index contributed by atoms with van der Waals surface area (Å²) >= 11 is 0. The van der Waals surface area contributed by atoms with Crippen molar-refractivity contribution in [2.75, 3.05) is 6.54 Å². The summed E-state index contributed by atoms with van der Waals surface area (Å²) in [5.74, 6) is 0.380. The third kappa shape index (κ3) is 4.35. The lowest BCUT2D eigenvalue weighted by atomic mass is 9.80. The van der Waals surface area contributed by atoms with Crippen molar-refractivity contribution in [1.82, 2.24) is 10.6 Å². The van der Waals surface area contributed by atoms with Crippen molar-refractivity contribution in [1.29, 1.82) is 0 Å². The van der Waals surface area contributed by atoms with Crippen LogP contribution in [0.5, 0.6) is 0 Å². The molecule has 2 saturated carbocycles. The van der Waals surface area contributed by atoms with Crippen molar-refractivity contribution < 1.29 is 9.59 Å². The van der Waals surface area contributed by atoms with Gasteiger partial charge in [-0.2, -0.15) is 0 Å². The molecule has 0 saturated heterocycles. The average molecular weight is 304 g/mol. The number of hydrogen-bond acceptors (Lipinski definition) is 3. The molecule has 0 aliphatic heterocycles. The Morgan fingerprint density at radius 1 is 1.25 bits per heavy atom. The normalized spacial score (nSPS) is 22.3. The van der Waals surface area contributed by atoms with Crippen molar-refractivity contribution >= 4 is 24.2 Å². The van der Waals surface area contributed by atoms with Crippen molar-refractivity contribution in [2.24, 2.45) is 11.7 Å². The van der Waals surface area contributed by atoms with Crippen LogP contribution in [0.1, 0.15) is 51.9 Å². The summed E-state index contributed by atoms with van der Waals surface area (Å²) < 4.78 is 0. The summed E-state index contributed by atoms with van der Waals surface area (Å²) in [6, 6.07) is 0.0573. The number of halogens is 1. The van der Waals surface area contributed by atoms with E-state index in [0.29, 0.717) is 12.5 Å². The van der Waals surface area contributed by atoms with Gasteiger partial charge in [0.05, 0.1) is 0 Å². The molecule has 0 radical (unpaired) electrons. The topological polar surface area (TPSA) is 84.2 Å². The smallest absolute Gasteiger partial charge is 0.245 e. The van der Waals surface area contributed by atoms with Gasteiger partial charge < -0.3 is 16.4 Å². The van der Waals surface area contributed by atoms with Gasteiger partial charge in [0.25, 0.3) is 0 Å². The van der Waals surface area contributed by atoms with E-state index in [4.69, 9.17) is 5.73 Å².